The summed E-state index contributed by atoms with van der Waals surface area (Å²) >= 11 is 5.99. The number of nitrogens with zero attached hydrogens (tertiary/aromatic N) is 2. The molecule has 0 atom stereocenters. The van der Waals surface area contributed by atoms with E-state index in [4.69, 9.17) is 11.6 Å². The monoisotopic (exact) mass is 438 g/mol. The first-order valence-corrected chi connectivity index (χ1v) is 9.96. The first kappa shape index (κ1) is 20.8. The van der Waals surface area contributed by atoms with Gasteiger partial charge in [0.1, 0.15) is 17.3 Å². The molecule has 1 aliphatic rings. The third-order valence-electron chi connectivity index (χ3n) is 5.00. The zero-order valence-electron chi connectivity index (χ0n) is 16.5. The van der Waals surface area contributed by atoms with Gasteiger partial charge in [-0.15, -0.1) is 0 Å². The largest absolute Gasteiger partial charge is 0.337 e. The molecule has 3 aromatic rings. The smallest absolute Gasteiger partial charge is 0.282 e. The van der Waals surface area contributed by atoms with Gasteiger partial charge < -0.3 is 4.90 Å². The summed E-state index contributed by atoms with van der Waals surface area (Å²) < 4.78 is 28.0. The zero-order valence-corrected chi connectivity index (χ0v) is 17.2. The Labute approximate surface area is 183 Å². The molecule has 0 unspecified atom stereocenters. The van der Waals surface area contributed by atoms with Crippen LogP contribution in [0.5, 0.6) is 0 Å². The molecule has 0 fully saturated rings. The van der Waals surface area contributed by atoms with Gasteiger partial charge in [0, 0.05) is 23.3 Å². The van der Waals surface area contributed by atoms with Gasteiger partial charge in [0.25, 0.3) is 11.8 Å². The molecule has 0 radical (unpaired) electrons. The van der Waals surface area contributed by atoms with Crippen molar-refractivity contribution in [1.29, 1.82) is 0 Å². The Hall–Kier alpha value is -3.51. The summed E-state index contributed by atoms with van der Waals surface area (Å²) in [5, 5.41) is 0.472. The fraction of sp³-hybridized carbons (Fsp3) is 0.0833. The Bertz CT molecular complexity index is 1190. The summed E-state index contributed by atoms with van der Waals surface area (Å²) in [7, 11) is 0. The molecule has 0 saturated carbocycles. The molecule has 1 heterocycles. The SMILES string of the molecule is CCN(C1=C(c2ccc(Cl)cc2)C(=O)N(c2ccc(F)cc2F)C1=O)c1ccccc1. The summed E-state index contributed by atoms with van der Waals surface area (Å²) in [5.41, 5.74) is 1.11. The maximum Gasteiger partial charge on any atom is 0.282 e. The molecule has 31 heavy (non-hydrogen) atoms. The average molecular weight is 439 g/mol. The summed E-state index contributed by atoms with van der Waals surface area (Å²) in [6.07, 6.45) is 0. The second-order valence-corrected chi connectivity index (χ2v) is 7.29. The molecule has 0 aliphatic carbocycles. The first-order valence-electron chi connectivity index (χ1n) is 9.59. The van der Waals surface area contributed by atoms with E-state index in [1.165, 1.54) is 0 Å². The standard InChI is InChI=1S/C24H17ClF2N2O2/c1-2-28(18-6-4-3-5-7-18)22-21(15-8-10-16(25)11-9-15)23(30)29(24(22)31)20-13-12-17(26)14-19(20)27/h3-14H,2H2,1H3. The van der Waals surface area contributed by atoms with Crippen LogP contribution in [-0.4, -0.2) is 18.4 Å². The van der Waals surface area contributed by atoms with Crippen molar-refractivity contribution >= 4 is 40.4 Å². The van der Waals surface area contributed by atoms with E-state index in [-0.39, 0.29) is 17.0 Å². The van der Waals surface area contributed by atoms with Crippen molar-refractivity contribution in [2.24, 2.45) is 0 Å². The molecule has 7 heteroatoms. The van der Waals surface area contributed by atoms with Gasteiger partial charge in [-0.3, -0.25) is 9.59 Å². The number of anilines is 2. The van der Waals surface area contributed by atoms with Gasteiger partial charge in [0.2, 0.25) is 0 Å². The molecular formula is C24H17ClF2N2O2. The lowest BCUT2D eigenvalue weighted by atomic mass is 10.0. The topological polar surface area (TPSA) is 40.6 Å². The summed E-state index contributed by atoms with van der Waals surface area (Å²) in [4.78, 5) is 29.4. The number of para-hydroxylation sites is 1. The lowest BCUT2D eigenvalue weighted by molar-refractivity contribution is -0.120. The van der Waals surface area contributed by atoms with Gasteiger partial charge in [-0.1, -0.05) is 41.9 Å². The Morgan fingerprint density at radius 1 is 0.903 bits per heavy atom. The van der Waals surface area contributed by atoms with Gasteiger partial charge in [0.05, 0.1) is 11.3 Å². The Morgan fingerprint density at radius 3 is 2.19 bits per heavy atom. The van der Waals surface area contributed by atoms with E-state index >= 15 is 0 Å². The van der Waals surface area contributed by atoms with Crippen LogP contribution in [0.1, 0.15) is 12.5 Å². The summed E-state index contributed by atoms with van der Waals surface area (Å²) in [5.74, 6) is -3.18. The van der Waals surface area contributed by atoms with E-state index in [0.717, 1.165) is 17.0 Å². The van der Waals surface area contributed by atoms with Crippen LogP contribution in [0.25, 0.3) is 5.57 Å². The van der Waals surface area contributed by atoms with Gasteiger partial charge in [-0.2, -0.15) is 0 Å². The number of amides is 2. The Morgan fingerprint density at radius 2 is 1.58 bits per heavy atom. The minimum atomic E-state index is -0.999. The van der Waals surface area contributed by atoms with E-state index in [1.54, 1.807) is 29.2 Å². The van der Waals surface area contributed by atoms with Gasteiger partial charge in [0.15, 0.2) is 0 Å². The van der Waals surface area contributed by atoms with Crippen molar-refractivity contribution in [3.05, 3.63) is 101 Å². The van der Waals surface area contributed by atoms with Crippen molar-refractivity contribution in [2.45, 2.75) is 6.92 Å². The number of hydrogen-bond donors (Lipinski definition) is 0. The van der Waals surface area contributed by atoms with E-state index < -0.39 is 23.4 Å². The molecule has 156 valence electrons. The predicted molar refractivity (Wildman–Crippen MR) is 117 cm³/mol. The highest BCUT2D eigenvalue weighted by Gasteiger charge is 2.43. The summed E-state index contributed by atoms with van der Waals surface area (Å²) in [6.45, 7) is 2.23. The molecule has 2 amide bonds. The fourth-order valence-electron chi connectivity index (χ4n) is 3.60. The van der Waals surface area contributed by atoms with Crippen molar-refractivity contribution < 1.29 is 18.4 Å². The molecular weight excluding hydrogens is 422 g/mol. The number of carbonyl (C=O) groups is 2. The Kier molecular flexibility index (Phi) is 5.57. The Balaban J connectivity index is 1.92. The number of hydrogen-bond acceptors (Lipinski definition) is 3. The number of benzene rings is 3. The predicted octanol–water partition coefficient (Wildman–Crippen LogP) is 5.43. The van der Waals surface area contributed by atoms with Crippen LogP contribution >= 0.6 is 11.6 Å². The molecule has 0 spiro atoms. The molecule has 4 nitrogen and oxygen atoms in total. The van der Waals surface area contributed by atoms with E-state index in [1.807, 2.05) is 37.3 Å². The number of likely N-dealkylation sites (N-methyl/N-ethyl adjacent to an activating group) is 1. The van der Waals surface area contributed by atoms with Gasteiger partial charge >= 0.3 is 0 Å². The molecule has 0 saturated heterocycles. The molecule has 0 aromatic heterocycles. The minimum absolute atomic E-state index is 0.116. The van der Waals surface area contributed by atoms with Crippen LogP contribution < -0.4 is 9.80 Å². The number of carbonyl (C=O) groups excluding carboxylic acids is 2. The highest BCUT2D eigenvalue weighted by molar-refractivity contribution is 6.46. The van der Waals surface area contributed by atoms with Crippen LogP contribution in [0.15, 0.2) is 78.5 Å². The molecule has 3 aromatic carbocycles. The molecule has 0 N–H and O–H groups in total. The second-order valence-electron chi connectivity index (χ2n) is 6.85. The molecule has 0 bridgehead atoms. The molecule has 4 rings (SSSR count). The first-order chi connectivity index (χ1) is 14.9. The second kappa shape index (κ2) is 8.32. The van der Waals surface area contributed by atoms with E-state index in [9.17, 15) is 18.4 Å². The average Bonchev–Trinajstić information content (AvgIpc) is 3.01. The zero-order chi connectivity index (χ0) is 22.1. The number of rotatable bonds is 5. The van der Waals surface area contributed by atoms with Crippen molar-refractivity contribution in [3.63, 3.8) is 0 Å². The molecule has 1 aliphatic heterocycles. The lowest BCUT2D eigenvalue weighted by Crippen LogP contribution is -2.36. The van der Waals surface area contributed by atoms with E-state index in [0.29, 0.717) is 28.9 Å². The van der Waals surface area contributed by atoms with Gasteiger partial charge in [-0.25, -0.2) is 13.7 Å². The fourth-order valence-corrected chi connectivity index (χ4v) is 3.73. The van der Waals surface area contributed by atoms with E-state index in [2.05, 4.69) is 0 Å². The van der Waals surface area contributed by atoms with Crippen LogP contribution in [0, 0.1) is 11.6 Å². The van der Waals surface area contributed by atoms with Crippen molar-refractivity contribution in [3.8, 4) is 0 Å². The third-order valence-corrected chi connectivity index (χ3v) is 5.25. The van der Waals surface area contributed by atoms with Gasteiger partial charge in [-0.05, 0) is 48.9 Å². The van der Waals surface area contributed by atoms with Crippen LogP contribution in [0.2, 0.25) is 5.02 Å². The number of halogens is 3. The highest BCUT2D eigenvalue weighted by Crippen LogP contribution is 2.37. The van der Waals surface area contributed by atoms with Crippen LogP contribution in [-0.2, 0) is 9.59 Å². The highest BCUT2D eigenvalue weighted by atomic mass is 35.5. The maximum atomic E-state index is 14.5. The normalized spacial score (nSPS) is 13.9. The van der Waals surface area contributed by atoms with Crippen LogP contribution in [0.4, 0.5) is 20.2 Å². The summed E-state index contributed by atoms with van der Waals surface area (Å²) in [6, 6.07) is 18.3. The van der Waals surface area contributed by atoms with Crippen LogP contribution in [0.3, 0.4) is 0 Å². The lowest BCUT2D eigenvalue weighted by Gasteiger charge is -2.25. The number of imide groups is 1. The quantitative estimate of drug-likeness (QED) is 0.499. The van der Waals surface area contributed by atoms with Crippen molar-refractivity contribution in [1.82, 2.24) is 0 Å². The minimum Gasteiger partial charge on any atom is -0.337 e. The van der Waals surface area contributed by atoms with Crippen molar-refractivity contribution in [2.75, 3.05) is 16.3 Å². The maximum absolute atomic E-state index is 14.5. The third kappa shape index (κ3) is 3.70.